The third-order valence-electron chi connectivity index (χ3n) is 8.59. The highest BCUT2D eigenvalue weighted by molar-refractivity contribution is 5.83. The molecule has 0 spiro atoms. The Bertz CT molecular complexity index is 1240. The van der Waals surface area contributed by atoms with Gasteiger partial charge in [0.1, 0.15) is 0 Å². The highest BCUT2D eigenvalue weighted by Gasteiger charge is 2.50. The minimum atomic E-state index is 0.0521. The molecule has 1 saturated carbocycles. The molecule has 6 heteroatoms. The summed E-state index contributed by atoms with van der Waals surface area (Å²) in [6, 6.07) is 8.56. The highest BCUT2D eigenvalue weighted by atomic mass is 16.5. The van der Waals surface area contributed by atoms with E-state index in [0.29, 0.717) is 28.7 Å². The first-order valence-corrected chi connectivity index (χ1v) is 13.1. The minimum absolute atomic E-state index is 0.0521. The first kappa shape index (κ1) is 24.9. The van der Waals surface area contributed by atoms with E-state index in [0.717, 1.165) is 60.2 Å². The fourth-order valence-electron chi connectivity index (χ4n) is 7.58. The van der Waals surface area contributed by atoms with Crippen LogP contribution in [-0.2, 0) is 6.42 Å². The molecule has 2 unspecified atom stereocenters. The van der Waals surface area contributed by atoms with E-state index in [1.165, 1.54) is 6.42 Å². The van der Waals surface area contributed by atoms with Gasteiger partial charge in [-0.3, -0.25) is 4.79 Å². The monoisotopic (exact) mass is 492 g/mol. The van der Waals surface area contributed by atoms with Crippen LogP contribution in [0.2, 0.25) is 0 Å². The third-order valence-corrected chi connectivity index (χ3v) is 8.59. The van der Waals surface area contributed by atoms with Crippen molar-refractivity contribution in [2.24, 2.45) is 10.8 Å². The minimum Gasteiger partial charge on any atom is -0.493 e. The van der Waals surface area contributed by atoms with Crippen LogP contribution in [0.4, 0.5) is 5.69 Å². The molecule has 2 bridgehead atoms. The van der Waals surface area contributed by atoms with E-state index in [1.807, 2.05) is 13.1 Å². The lowest BCUT2D eigenvalue weighted by atomic mass is 9.65. The third kappa shape index (κ3) is 4.03. The Labute approximate surface area is 214 Å². The van der Waals surface area contributed by atoms with Crippen LogP contribution in [0, 0.1) is 10.8 Å². The maximum absolute atomic E-state index is 13.9. The lowest BCUT2D eigenvalue weighted by Crippen LogP contribution is -2.35. The van der Waals surface area contributed by atoms with Gasteiger partial charge in [0, 0.05) is 24.2 Å². The number of fused-ring (bicyclic) bond motifs is 5. The molecule has 2 fully saturated rings. The summed E-state index contributed by atoms with van der Waals surface area (Å²) in [6.07, 6.45) is 5.17. The summed E-state index contributed by atoms with van der Waals surface area (Å²) in [4.78, 5) is 16.3. The van der Waals surface area contributed by atoms with Crippen molar-refractivity contribution in [3.05, 3.63) is 45.6 Å². The molecule has 0 aromatic heterocycles. The Morgan fingerprint density at radius 1 is 1.00 bits per heavy atom. The van der Waals surface area contributed by atoms with Crippen LogP contribution < -0.4 is 29.9 Å². The Morgan fingerprint density at radius 2 is 1.75 bits per heavy atom. The fraction of sp³-hybridized carbons (Fsp3) is 0.567. The molecule has 1 heterocycles. The largest absolute Gasteiger partial charge is 0.493 e. The Hall–Kier alpha value is -2.73. The molecule has 1 N–H and O–H groups in total. The maximum atomic E-state index is 13.9. The number of hydrogen-bond acceptors (Lipinski definition) is 6. The first-order valence-electron chi connectivity index (χ1n) is 13.1. The second kappa shape index (κ2) is 8.98. The molecule has 1 aliphatic heterocycles. The highest BCUT2D eigenvalue weighted by Crippen LogP contribution is 2.54. The van der Waals surface area contributed by atoms with E-state index in [9.17, 15) is 4.79 Å². The van der Waals surface area contributed by atoms with Crippen molar-refractivity contribution in [2.45, 2.75) is 65.0 Å². The van der Waals surface area contributed by atoms with Crippen molar-refractivity contribution in [3.63, 3.8) is 0 Å². The average molecular weight is 493 g/mol. The number of rotatable bonds is 5. The van der Waals surface area contributed by atoms with Crippen LogP contribution in [0.5, 0.6) is 17.2 Å². The van der Waals surface area contributed by atoms with E-state index < -0.39 is 0 Å². The number of ether oxygens (including phenoxy) is 3. The summed E-state index contributed by atoms with van der Waals surface area (Å²) in [5.74, 6) is 1.88. The Kier molecular flexibility index (Phi) is 6.22. The molecule has 36 heavy (non-hydrogen) atoms. The molecular weight excluding hydrogens is 452 g/mol. The van der Waals surface area contributed by atoms with Gasteiger partial charge in [-0.2, -0.15) is 0 Å². The lowest BCUT2D eigenvalue weighted by molar-refractivity contribution is 0.136. The smallest absolute Gasteiger partial charge is 0.203 e. The van der Waals surface area contributed by atoms with Gasteiger partial charge in [-0.1, -0.05) is 26.8 Å². The molecule has 3 atom stereocenters. The maximum Gasteiger partial charge on any atom is 0.203 e. The van der Waals surface area contributed by atoms with Crippen LogP contribution in [0.25, 0.3) is 11.1 Å². The Morgan fingerprint density at radius 3 is 2.42 bits per heavy atom. The molecule has 6 nitrogen and oxygen atoms in total. The predicted octanol–water partition coefficient (Wildman–Crippen LogP) is 5.35. The van der Waals surface area contributed by atoms with E-state index >= 15 is 0 Å². The molecule has 0 amide bonds. The summed E-state index contributed by atoms with van der Waals surface area (Å²) < 4.78 is 17.3. The number of nitrogens with zero attached hydrogens (tertiary/aromatic N) is 1. The van der Waals surface area contributed by atoms with E-state index in [4.69, 9.17) is 14.2 Å². The number of benzene rings is 1. The molecule has 5 rings (SSSR count). The standard InChI is InChI=1S/C30H40N2O4/c1-29(2)14-19-15-30(3,16-29)17-32(19)23-11-9-20-21(13-24(23)33)22(31-4)10-8-18-12-25(34-5)27(35-6)28(36-7)26(18)20/h9,11-13,19,22,31H,8,10,14-17H2,1-7H3/t19?,22-,30?/m1/s1. The van der Waals surface area contributed by atoms with E-state index in [2.05, 4.69) is 49.2 Å². The van der Waals surface area contributed by atoms with Gasteiger partial charge in [-0.25, -0.2) is 0 Å². The molecule has 2 aliphatic carbocycles. The number of anilines is 1. The molecule has 0 radical (unpaired) electrons. The molecule has 3 aliphatic rings. The van der Waals surface area contributed by atoms with Crippen LogP contribution in [0.15, 0.2) is 29.1 Å². The molecule has 1 saturated heterocycles. The van der Waals surface area contributed by atoms with Gasteiger partial charge < -0.3 is 24.4 Å². The number of methoxy groups -OCH3 is 3. The molecule has 2 aromatic carbocycles. The van der Waals surface area contributed by atoms with E-state index in [1.54, 1.807) is 21.3 Å². The van der Waals surface area contributed by atoms with Crippen LogP contribution >= 0.6 is 0 Å². The van der Waals surface area contributed by atoms with Crippen LogP contribution in [0.1, 0.15) is 63.6 Å². The van der Waals surface area contributed by atoms with Gasteiger partial charge in [-0.15, -0.1) is 0 Å². The van der Waals surface area contributed by atoms with Crippen molar-refractivity contribution < 1.29 is 14.2 Å². The summed E-state index contributed by atoms with van der Waals surface area (Å²) in [5, 5.41) is 3.46. The van der Waals surface area contributed by atoms with Crippen molar-refractivity contribution >= 4 is 5.69 Å². The van der Waals surface area contributed by atoms with Gasteiger partial charge in [-0.05, 0) is 84.9 Å². The summed E-state index contributed by atoms with van der Waals surface area (Å²) >= 11 is 0. The number of aryl methyl sites for hydroxylation is 1. The van der Waals surface area contributed by atoms with E-state index in [-0.39, 0.29) is 16.9 Å². The van der Waals surface area contributed by atoms with Gasteiger partial charge >= 0.3 is 0 Å². The molecular formula is C30H40N2O4. The Balaban J connectivity index is 1.72. The van der Waals surface area contributed by atoms with Gasteiger partial charge in [0.2, 0.25) is 11.2 Å². The van der Waals surface area contributed by atoms with Crippen LogP contribution in [0.3, 0.4) is 0 Å². The molecule has 2 aromatic rings. The zero-order valence-corrected chi connectivity index (χ0v) is 22.8. The second-order valence-electron chi connectivity index (χ2n) is 12.0. The summed E-state index contributed by atoms with van der Waals surface area (Å²) in [7, 11) is 6.91. The summed E-state index contributed by atoms with van der Waals surface area (Å²) in [5.41, 5.74) is 5.58. The first-order chi connectivity index (χ1) is 17.1. The van der Waals surface area contributed by atoms with Crippen molar-refractivity contribution in [3.8, 4) is 28.4 Å². The van der Waals surface area contributed by atoms with Gasteiger partial charge in [0.15, 0.2) is 11.5 Å². The van der Waals surface area contributed by atoms with Gasteiger partial charge in [0.25, 0.3) is 0 Å². The normalized spacial score (nSPS) is 26.0. The number of hydrogen-bond donors (Lipinski definition) is 1. The molecule has 194 valence electrons. The average Bonchev–Trinajstić information content (AvgIpc) is 2.93. The summed E-state index contributed by atoms with van der Waals surface area (Å²) in [6.45, 7) is 8.07. The second-order valence-corrected chi connectivity index (χ2v) is 12.0. The quantitative estimate of drug-likeness (QED) is 0.607. The fourth-order valence-corrected chi connectivity index (χ4v) is 7.58. The van der Waals surface area contributed by atoms with Crippen molar-refractivity contribution in [1.29, 1.82) is 0 Å². The number of nitrogens with one attached hydrogen (secondary N) is 1. The zero-order valence-electron chi connectivity index (χ0n) is 22.8. The van der Waals surface area contributed by atoms with Gasteiger partial charge in [0.05, 0.1) is 27.0 Å². The lowest BCUT2D eigenvalue weighted by Gasteiger charge is -2.39. The zero-order chi connectivity index (χ0) is 25.8. The predicted molar refractivity (Wildman–Crippen MR) is 145 cm³/mol. The van der Waals surface area contributed by atoms with Crippen molar-refractivity contribution in [1.82, 2.24) is 5.32 Å². The van der Waals surface area contributed by atoms with Crippen molar-refractivity contribution in [2.75, 3.05) is 39.8 Å². The SMILES string of the molecule is CN[C@@H]1CCc2cc(OC)c(OC)c(OC)c2-c2ccc(N3CC4(C)CC3CC(C)(C)C4)c(=O)cc21. The topological polar surface area (TPSA) is 60.0 Å². The van der Waals surface area contributed by atoms with Crippen LogP contribution in [-0.4, -0.2) is 41.0 Å².